The maximum Gasteiger partial charge on any atom is 0.0725 e. The van der Waals surface area contributed by atoms with E-state index in [1.807, 2.05) is 0 Å². The first-order valence-corrected chi connectivity index (χ1v) is 18.2. The van der Waals surface area contributed by atoms with Gasteiger partial charge >= 0.3 is 0 Å². The SMILES string of the molecule is CC(C)(C)C12CCCCC1(C)c1cc(-c3ccc4c(c3)-c3ccccc3C43c4ccccc4-c4ccccc43)ccc1N2c1ccccc1. The molecule has 6 aromatic rings. The van der Waals surface area contributed by atoms with Crippen LogP contribution in [0.1, 0.15) is 81.2 Å². The molecule has 2 unspecified atom stereocenters. The third-order valence-corrected chi connectivity index (χ3v) is 13.2. The number of anilines is 2. The van der Waals surface area contributed by atoms with Crippen LogP contribution >= 0.6 is 0 Å². The number of hydrogen-bond acceptors (Lipinski definition) is 1. The predicted octanol–water partition coefficient (Wildman–Crippen LogP) is 12.5. The molecular weight excluding hydrogens is 591 g/mol. The van der Waals surface area contributed by atoms with Crippen LogP contribution in [0.15, 0.2) is 140 Å². The summed E-state index contributed by atoms with van der Waals surface area (Å²) in [6.45, 7) is 10.0. The number of benzene rings is 6. The Morgan fingerprint density at radius 2 is 1.00 bits per heavy atom. The molecule has 1 heteroatoms. The highest BCUT2D eigenvalue weighted by molar-refractivity contribution is 5.96. The van der Waals surface area contributed by atoms with E-state index in [-0.39, 0.29) is 21.8 Å². The normalized spacial score (nSPS) is 22.2. The Bertz CT molecular complexity index is 2260. The minimum Gasteiger partial charge on any atom is -0.334 e. The molecule has 2 atom stereocenters. The van der Waals surface area contributed by atoms with Gasteiger partial charge in [-0.05, 0) is 110 Å². The zero-order valence-electron chi connectivity index (χ0n) is 29.1. The highest BCUT2D eigenvalue weighted by Gasteiger charge is 2.65. The molecule has 10 rings (SSSR count). The second-order valence-electron chi connectivity index (χ2n) is 16.2. The maximum absolute atomic E-state index is 2.75. The van der Waals surface area contributed by atoms with Crippen LogP contribution in [-0.2, 0) is 10.8 Å². The van der Waals surface area contributed by atoms with Gasteiger partial charge in [0, 0.05) is 16.8 Å². The Labute approximate surface area is 291 Å². The summed E-state index contributed by atoms with van der Waals surface area (Å²) in [4.78, 5) is 2.75. The van der Waals surface area contributed by atoms with Crippen molar-refractivity contribution in [2.75, 3.05) is 4.90 Å². The average Bonchev–Trinajstić information content (AvgIpc) is 3.69. The molecule has 240 valence electrons. The molecule has 6 aromatic carbocycles. The van der Waals surface area contributed by atoms with E-state index in [0.29, 0.717) is 0 Å². The molecule has 1 saturated carbocycles. The van der Waals surface area contributed by atoms with Crippen LogP contribution in [0.3, 0.4) is 0 Å². The Kier molecular flexibility index (Phi) is 5.85. The third-order valence-electron chi connectivity index (χ3n) is 13.2. The Morgan fingerprint density at radius 3 is 1.63 bits per heavy atom. The molecule has 3 aliphatic carbocycles. The lowest BCUT2D eigenvalue weighted by molar-refractivity contribution is 0.0608. The van der Waals surface area contributed by atoms with Crippen molar-refractivity contribution in [3.05, 3.63) is 167 Å². The van der Waals surface area contributed by atoms with Gasteiger partial charge in [-0.1, -0.05) is 150 Å². The van der Waals surface area contributed by atoms with Gasteiger partial charge in [0.2, 0.25) is 0 Å². The monoisotopic (exact) mass is 633 g/mol. The molecule has 1 aliphatic heterocycles. The first-order chi connectivity index (χ1) is 23.8. The molecule has 49 heavy (non-hydrogen) atoms. The lowest BCUT2D eigenvalue weighted by atomic mass is 9.52. The van der Waals surface area contributed by atoms with E-state index < -0.39 is 0 Å². The van der Waals surface area contributed by atoms with Gasteiger partial charge in [-0.3, -0.25) is 0 Å². The Hall–Kier alpha value is -4.88. The van der Waals surface area contributed by atoms with Crippen molar-refractivity contribution < 1.29 is 0 Å². The number of para-hydroxylation sites is 1. The predicted molar refractivity (Wildman–Crippen MR) is 205 cm³/mol. The van der Waals surface area contributed by atoms with Crippen LogP contribution in [0.5, 0.6) is 0 Å². The van der Waals surface area contributed by atoms with Crippen molar-refractivity contribution in [3.63, 3.8) is 0 Å². The standard InChI is InChI=1S/C48H43N/c1-45(2,3)47-29-15-14-28-46(47,4)43-31-33(25-27-44(43)49(47)34-16-6-5-7-17-34)32-24-26-42-38(30-32)37-20-10-13-23-41(37)48(42)39-21-11-8-18-35(39)36-19-9-12-22-40(36)48/h5-13,16-27,30-31H,14-15,28-29H2,1-4H3. The topological polar surface area (TPSA) is 3.24 Å². The van der Waals surface area contributed by atoms with Crippen LogP contribution in [0, 0.1) is 5.41 Å². The van der Waals surface area contributed by atoms with Crippen LogP contribution in [0.4, 0.5) is 11.4 Å². The molecule has 1 spiro atoms. The highest BCUT2D eigenvalue weighted by atomic mass is 15.3. The highest BCUT2D eigenvalue weighted by Crippen LogP contribution is 2.67. The van der Waals surface area contributed by atoms with Gasteiger partial charge < -0.3 is 4.90 Å². The minimum atomic E-state index is -0.298. The summed E-state index contributed by atoms with van der Waals surface area (Å²) >= 11 is 0. The van der Waals surface area contributed by atoms with E-state index in [1.54, 1.807) is 0 Å². The summed E-state index contributed by atoms with van der Waals surface area (Å²) in [5.41, 5.74) is 17.7. The second-order valence-corrected chi connectivity index (χ2v) is 16.2. The van der Waals surface area contributed by atoms with Crippen molar-refractivity contribution in [3.8, 4) is 33.4 Å². The van der Waals surface area contributed by atoms with Gasteiger partial charge in [0.25, 0.3) is 0 Å². The Balaban J connectivity index is 1.18. The first-order valence-electron chi connectivity index (χ1n) is 18.2. The van der Waals surface area contributed by atoms with Crippen molar-refractivity contribution in [1.82, 2.24) is 0 Å². The summed E-state index contributed by atoms with van der Waals surface area (Å²) in [7, 11) is 0. The molecule has 0 bridgehead atoms. The molecular formula is C48H43N. The quantitative estimate of drug-likeness (QED) is 0.183. The average molecular weight is 634 g/mol. The number of fused-ring (bicyclic) bond motifs is 13. The second kappa shape index (κ2) is 9.85. The van der Waals surface area contributed by atoms with Gasteiger partial charge in [-0.25, -0.2) is 0 Å². The van der Waals surface area contributed by atoms with Gasteiger partial charge in [0.1, 0.15) is 0 Å². The maximum atomic E-state index is 2.75. The van der Waals surface area contributed by atoms with Crippen molar-refractivity contribution in [2.45, 2.75) is 69.7 Å². The van der Waals surface area contributed by atoms with Gasteiger partial charge in [0.15, 0.2) is 0 Å². The number of rotatable bonds is 2. The van der Waals surface area contributed by atoms with E-state index in [9.17, 15) is 0 Å². The van der Waals surface area contributed by atoms with Gasteiger partial charge in [0.05, 0.1) is 11.0 Å². The Morgan fingerprint density at radius 1 is 0.490 bits per heavy atom. The fourth-order valence-corrected chi connectivity index (χ4v) is 11.4. The molecule has 0 amide bonds. The molecule has 4 aliphatic rings. The molecule has 0 radical (unpaired) electrons. The van der Waals surface area contributed by atoms with Crippen LogP contribution in [0.25, 0.3) is 33.4 Å². The third kappa shape index (κ3) is 3.46. The minimum absolute atomic E-state index is 0.00687. The van der Waals surface area contributed by atoms with Gasteiger partial charge in [-0.15, -0.1) is 0 Å². The lowest BCUT2D eigenvalue weighted by Crippen LogP contribution is -2.64. The zero-order valence-corrected chi connectivity index (χ0v) is 29.1. The van der Waals surface area contributed by atoms with Crippen LogP contribution in [0.2, 0.25) is 0 Å². The molecule has 1 heterocycles. The molecule has 0 N–H and O–H groups in total. The van der Waals surface area contributed by atoms with Crippen molar-refractivity contribution in [1.29, 1.82) is 0 Å². The fourth-order valence-electron chi connectivity index (χ4n) is 11.4. The zero-order chi connectivity index (χ0) is 33.2. The fraction of sp³-hybridized carbons (Fsp3) is 0.250. The van der Waals surface area contributed by atoms with E-state index in [4.69, 9.17) is 0 Å². The smallest absolute Gasteiger partial charge is 0.0725 e. The van der Waals surface area contributed by atoms with E-state index in [2.05, 4.69) is 172 Å². The molecule has 1 fully saturated rings. The summed E-state index contributed by atoms with van der Waals surface area (Å²) in [5.74, 6) is 0. The van der Waals surface area contributed by atoms with E-state index >= 15 is 0 Å². The van der Waals surface area contributed by atoms with Crippen molar-refractivity contribution in [2.24, 2.45) is 5.41 Å². The number of nitrogens with zero attached hydrogens (tertiary/aromatic N) is 1. The summed E-state index contributed by atoms with van der Waals surface area (Å²) in [6, 6.07) is 53.3. The number of hydrogen-bond donors (Lipinski definition) is 0. The van der Waals surface area contributed by atoms with E-state index in [0.717, 1.165) is 0 Å². The largest absolute Gasteiger partial charge is 0.334 e. The first kappa shape index (κ1) is 29.1. The molecule has 0 aromatic heterocycles. The molecule has 1 nitrogen and oxygen atoms in total. The molecule has 0 saturated heterocycles. The van der Waals surface area contributed by atoms with Crippen LogP contribution in [-0.4, -0.2) is 5.54 Å². The van der Waals surface area contributed by atoms with Crippen molar-refractivity contribution >= 4 is 11.4 Å². The summed E-state index contributed by atoms with van der Waals surface area (Å²) in [6.07, 6.45) is 4.96. The van der Waals surface area contributed by atoms with Gasteiger partial charge in [-0.2, -0.15) is 0 Å². The van der Waals surface area contributed by atoms with Crippen LogP contribution < -0.4 is 4.90 Å². The van der Waals surface area contributed by atoms with E-state index in [1.165, 1.54) is 98.3 Å². The summed E-state index contributed by atoms with van der Waals surface area (Å²) < 4.78 is 0. The summed E-state index contributed by atoms with van der Waals surface area (Å²) in [5, 5.41) is 0. The lowest BCUT2D eigenvalue weighted by Gasteiger charge is -2.59.